The van der Waals surface area contributed by atoms with Gasteiger partial charge in [0, 0.05) is 23.1 Å². The highest BCUT2D eigenvalue weighted by molar-refractivity contribution is 5.90. The first-order valence-electron chi connectivity index (χ1n) is 15.4. The lowest BCUT2D eigenvalue weighted by atomic mass is 10.0. The molecule has 0 amide bonds. The fourth-order valence-corrected chi connectivity index (χ4v) is 5.13. The van der Waals surface area contributed by atoms with E-state index in [0.717, 1.165) is 56.5 Å². The van der Waals surface area contributed by atoms with Gasteiger partial charge in [0.25, 0.3) is 0 Å². The van der Waals surface area contributed by atoms with Gasteiger partial charge in [-0.25, -0.2) is 9.59 Å². The third-order valence-electron chi connectivity index (χ3n) is 7.79. The van der Waals surface area contributed by atoms with Gasteiger partial charge in [0.05, 0.1) is 17.8 Å². The van der Waals surface area contributed by atoms with Crippen molar-refractivity contribution >= 4 is 29.0 Å². The zero-order valence-electron chi connectivity index (χ0n) is 26.4. The number of aliphatic hydroxyl groups is 2. The minimum Gasteiger partial charge on any atom is -0.459 e. The van der Waals surface area contributed by atoms with Crippen LogP contribution in [0.5, 0.6) is 0 Å². The lowest BCUT2D eigenvalue weighted by Gasteiger charge is -2.26. The zero-order valence-corrected chi connectivity index (χ0v) is 26.4. The van der Waals surface area contributed by atoms with E-state index in [1.54, 1.807) is 26.0 Å². The first kappa shape index (κ1) is 32.9. The molecule has 0 aromatic heterocycles. The molecular weight excluding hydrogens is 590 g/mol. The summed E-state index contributed by atoms with van der Waals surface area (Å²) in [5.41, 5.74) is 8.94. The second-order valence-corrected chi connectivity index (χ2v) is 11.1. The van der Waals surface area contributed by atoms with Crippen LogP contribution in [0.2, 0.25) is 0 Å². The number of anilines is 3. The summed E-state index contributed by atoms with van der Waals surface area (Å²) in [5.74, 6) is -1.09. The normalized spacial score (nSPS) is 12.1. The number of benzene rings is 5. The van der Waals surface area contributed by atoms with Crippen LogP contribution in [0.1, 0.15) is 47.5 Å². The molecule has 5 rings (SSSR count). The Balaban J connectivity index is 1.42. The SMILES string of the molecule is C=CC(=O)OCCOC(=O)c1ccc(N(c2ccc(-c3ccc(C(C)O)cc3)cc2)c2ccc(-c3ccc(C(C)O)cc3)cc2)cc1. The number of hydrogen-bond donors (Lipinski definition) is 2. The summed E-state index contributed by atoms with van der Waals surface area (Å²) < 4.78 is 10.1. The summed E-state index contributed by atoms with van der Waals surface area (Å²) in [5, 5.41) is 19.8. The van der Waals surface area contributed by atoms with Crippen LogP contribution in [0.3, 0.4) is 0 Å². The largest absolute Gasteiger partial charge is 0.459 e. The van der Waals surface area contributed by atoms with Crippen LogP contribution in [-0.4, -0.2) is 35.4 Å². The molecular formula is C40H37NO6. The van der Waals surface area contributed by atoms with Gasteiger partial charge < -0.3 is 24.6 Å². The molecule has 2 atom stereocenters. The molecule has 7 heteroatoms. The van der Waals surface area contributed by atoms with Crippen molar-refractivity contribution in [1.29, 1.82) is 0 Å². The van der Waals surface area contributed by atoms with Gasteiger partial charge in [-0.3, -0.25) is 0 Å². The number of aliphatic hydroxyl groups excluding tert-OH is 2. The zero-order chi connectivity index (χ0) is 33.3. The highest BCUT2D eigenvalue weighted by atomic mass is 16.6. The number of hydrogen-bond acceptors (Lipinski definition) is 7. The number of carbonyl (C=O) groups excluding carboxylic acids is 2. The summed E-state index contributed by atoms with van der Waals surface area (Å²) in [6, 6.07) is 39.3. The van der Waals surface area contributed by atoms with Gasteiger partial charge in [-0.15, -0.1) is 0 Å². The Hall–Kier alpha value is -5.50. The van der Waals surface area contributed by atoms with Crippen LogP contribution in [0, 0.1) is 0 Å². The summed E-state index contributed by atoms with van der Waals surface area (Å²) in [6.45, 7) is 6.72. The summed E-state index contributed by atoms with van der Waals surface area (Å²) >= 11 is 0. The van der Waals surface area contributed by atoms with Gasteiger partial charge in [-0.1, -0.05) is 79.4 Å². The molecule has 0 saturated heterocycles. The van der Waals surface area contributed by atoms with E-state index >= 15 is 0 Å². The minimum absolute atomic E-state index is 0.0517. The number of nitrogens with zero attached hydrogens (tertiary/aromatic N) is 1. The van der Waals surface area contributed by atoms with Crippen molar-refractivity contribution in [3.8, 4) is 22.3 Å². The van der Waals surface area contributed by atoms with Gasteiger partial charge in [0.2, 0.25) is 0 Å². The molecule has 47 heavy (non-hydrogen) atoms. The molecule has 5 aromatic rings. The first-order chi connectivity index (χ1) is 22.7. The molecule has 2 unspecified atom stereocenters. The van der Waals surface area contributed by atoms with E-state index in [1.807, 2.05) is 84.9 Å². The van der Waals surface area contributed by atoms with Gasteiger partial charge in [-0.2, -0.15) is 0 Å². The van der Waals surface area contributed by atoms with Crippen molar-refractivity contribution in [2.24, 2.45) is 0 Å². The second-order valence-electron chi connectivity index (χ2n) is 11.1. The lowest BCUT2D eigenvalue weighted by Crippen LogP contribution is -2.13. The maximum absolute atomic E-state index is 12.6. The summed E-state index contributed by atoms with van der Waals surface area (Å²) in [4.78, 5) is 25.9. The molecule has 2 N–H and O–H groups in total. The maximum Gasteiger partial charge on any atom is 0.338 e. The minimum atomic E-state index is -0.574. The average Bonchev–Trinajstić information content (AvgIpc) is 3.11. The van der Waals surface area contributed by atoms with E-state index in [0.29, 0.717) is 5.56 Å². The van der Waals surface area contributed by atoms with Gasteiger partial charge in [-0.05, 0) is 95.8 Å². The smallest absolute Gasteiger partial charge is 0.338 e. The van der Waals surface area contributed by atoms with E-state index in [2.05, 4.69) is 35.7 Å². The molecule has 0 saturated carbocycles. The van der Waals surface area contributed by atoms with Crippen molar-refractivity contribution < 1.29 is 29.3 Å². The maximum atomic E-state index is 12.6. The monoisotopic (exact) mass is 627 g/mol. The van der Waals surface area contributed by atoms with Crippen LogP contribution < -0.4 is 4.90 Å². The van der Waals surface area contributed by atoms with Crippen molar-refractivity contribution in [2.45, 2.75) is 26.1 Å². The van der Waals surface area contributed by atoms with Crippen molar-refractivity contribution in [3.05, 3.63) is 151 Å². The van der Waals surface area contributed by atoms with E-state index in [4.69, 9.17) is 9.47 Å². The molecule has 0 aliphatic rings. The van der Waals surface area contributed by atoms with Crippen molar-refractivity contribution in [2.75, 3.05) is 18.1 Å². The predicted molar refractivity (Wildman–Crippen MR) is 185 cm³/mol. The first-order valence-corrected chi connectivity index (χ1v) is 15.4. The van der Waals surface area contributed by atoms with Crippen LogP contribution in [0.25, 0.3) is 22.3 Å². The van der Waals surface area contributed by atoms with Crippen molar-refractivity contribution in [1.82, 2.24) is 0 Å². The molecule has 0 fully saturated rings. The van der Waals surface area contributed by atoms with Crippen LogP contribution in [0.4, 0.5) is 17.1 Å². The van der Waals surface area contributed by atoms with Crippen LogP contribution >= 0.6 is 0 Å². The molecule has 0 aliphatic heterocycles. The average molecular weight is 628 g/mol. The van der Waals surface area contributed by atoms with Gasteiger partial charge in [0.1, 0.15) is 13.2 Å². The van der Waals surface area contributed by atoms with Crippen molar-refractivity contribution in [3.63, 3.8) is 0 Å². The molecule has 0 heterocycles. The summed E-state index contributed by atoms with van der Waals surface area (Å²) in [6.07, 6.45) is 0.00851. The number of carbonyl (C=O) groups is 2. The second kappa shape index (κ2) is 15.2. The van der Waals surface area contributed by atoms with E-state index in [9.17, 15) is 19.8 Å². The van der Waals surface area contributed by atoms with Crippen LogP contribution in [-0.2, 0) is 14.3 Å². The predicted octanol–water partition coefficient (Wildman–Crippen LogP) is 8.48. The Morgan fingerprint density at radius 3 is 1.30 bits per heavy atom. The molecule has 0 bridgehead atoms. The van der Waals surface area contributed by atoms with Gasteiger partial charge >= 0.3 is 11.9 Å². The fraction of sp³-hybridized carbons (Fsp3) is 0.150. The molecule has 7 nitrogen and oxygen atoms in total. The number of esters is 2. The number of rotatable bonds is 12. The third-order valence-corrected chi connectivity index (χ3v) is 7.79. The van der Waals surface area contributed by atoms with E-state index in [1.165, 1.54) is 0 Å². The van der Waals surface area contributed by atoms with Gasteiger partial charge in [0.15, 0.2) is 0 Å². The molecule has 0 aliphatic carbocycles. The third kappa shape index (κ3) is 8.21. The Kier molecular flexibility index (Phi) is 10.6. The number of ether oxygens (including phenoxy) is 2. The van der Waals surface area contributed by atoms with E-state index in [-0.39, 0.29) is 13.2 Å². The molecule has 0 spiro atoms. The summed E-state index contributed by atoms with van der Waals surface area (Å²) in [7, 11) is 0. The highest BCUT2D eigenvalue weighted by Crippen LogP contribution is 2.37. The quantitative estimate of drug-likeness (QED) is 0.0814. The topological polar surface area (TPSA) is 96.3 Å². The molecule has 0 radical (unpaired) electrons. The Bertz CT molecular complexity index is 1700. The Morgan fingerprint density at radius 1 is 0.596 bits per heavy atom. The molecule has 5 aromatic carbocycles. The Morgan fingerprint density at radius 2 is 0.936 bits per heavy atom. The van der Waals surface area contributed by atoms with E-state index < -0.39 is 24.1 Å². The highest BCUT2D eigenvalue weighted by Gasteiger charge is 2.15. The lowest BCUT2D eigenvalue weighted by molar-refractivity contribution is -0.138. The fourth-order valence-electron chi connectivity index (χ4n) is 5.13. The standard InChI is InChI=1S/C40H37NO6/c1-4-39(44)46-25-26-47-40(45)35-17-23-38(24-18-35)41(36-19-13-33(14-20-36)31-9-5-29(6-10-31)27(2)42)37-21-15-34(16-22-37)32-11-7-30(8-12-32)28(3)43/h4-24,27-28,42-43H,1,25-26H2,2-3H3. The Labute approximate surface area is 275 Å². The van der Waals surface area contributed by atoms with Crippen LogP contribution in [0.15, 0.2) is 134 Å². The molecule has 238 valence electrons.